The summed E-state index contributed by atoms with van der Waals surface area (Å²) < 4.78 is 10.5. The van der Waals surface area contributed by atoms with E-state index in [0.717, 1.165) is 21.9 Å². The van der Waals surface area contributed by atoms with Crippen molar-refractivity contribution < 1.29 is 19.4 Å². The van der Waals surface area contributed by atoms with Crippen LogP contribution in [0.25, 0.3) is 10.8 Å². The SMILES string of the molecule is COC(=O)Cc1ccc(OCC(C)C(N)C(O)c2cccc3ccccc23)cc1. The number of fused-ring (bicyclic) bond motifs is 1. The van der Waals surface area contributed by atoms with Crippen molar-refractivity contribution in [1.29, 1.82) is 0 Å². The third-order valence-electron chi connectivity index (χ3n) is 5.18. The fraction of sp³-hybridized carbons (Fsp3) is 0.292. The van der Waals surface area contributed by atoms with Crippen LogP contribution in [-0.4, -0.2) is 30.8 Å². The van der Waals surface area contributed by atoms with Crippen molar-refractivity contribution in [2.24, 2.45) is 11.7 Å². The summed E-state index contributed by atoms with van der Waals surface area (Å²) in [5, 5.41) is 13.0. The molecule has 0 aliphatic heterocycles. The molecule has 0 saturated heterocycles. The molecule has 0 spiro atoms. The molecule has 0 fully saturated rings. The average molecular weight is 393 g/mol. The first-order valence-electron chi connectivity index (χ1n) is 9.69. The summed E-state index contributed by atoms with van der Waals surface area (Å²) in [6, 6.07) is 20.7. The van der Waals surface area contributed by atoms with Gasteiger partial charge in [0, 0.05) is 12.0 Å². The highest BCUT2D eigenvalue weighted by Crippen LogP contribution is 2.28. The third kappa shape index (κ3) is 5.13. The number of hydrogen-bond acceptors (Lipinski definition) is 5. The lowest BCUT2D eigenvalue weighted by molar-refractivity contribution is -0.139. The summed E-state index contributed by atoms with van der Waals surface area (Å²) in [6.07, 6.45) is -0.558. The van der Waals surface area contributed by atoms with Gasteiger partial charge in [0.05, 0.1) is 26.2 Å². The second-order valence-corrected chi connectivity index (χ2v) is 7.28. The number of carbonyl (C=O) groups is 1. The highest BCUT2D eigenvalue weighted by molar-refractivity contribution is 5.86. The Labute approximate surface area is 171 Å². The fourth-order valence-electron chi connectivity index (χ4n) is 3.31. The summed E-state index contributed by atoms with van der Waals surface area (Å²) in [6.45, 7) is 2.34. The number of aliphatic hydroxyl groups is 1. The highest BCUT2D eigenvalue weighted by atomic mass is 16.5. The van der Waals surface area contributed by atoms with Crippen LogP contribution in [0.15, 0.2) is 66.7 Å². The zero-order valence-corrected chi connectivity index (χ0v) is 16.7. The summed E-state index contributed by atoms with van der Waals surface area (Å²) in [7, 11) is 1.37. The van der Waals surface area contributed by atoms with E-state index in [2.05, 4.69) is 4.74 Å². The van der Waals surface area contributed by atoms with Crippen molar-refractivity contribution in [1.82, 2.24) is 0 Å². The topological polar surface area (TPSA) is 81.8 Å². The van der Waals surface area contributed by atoms with E-state index >= 15 is 0 Å². The van der Waals surface area contributed by atoms with E-state index in [0.29, 0.717) is 12.4 Å². The summed E-state index contributed by atoms with van der Waals surface area (Å²) in [5.41, 5.74) is 8.05. The van der Waals surface area contributed by atoms with E-state index in [1.54, 1.807) is 0 Å². The molecule has 0 radical (unpaired) electrons. The van der Waals surface area contributed by atoms with Crippen molar-refractivity contribution in [3.63, 3.8) is 0 Å². The zero-order chi connectivity index (χ0) is 20.8. The van der Waals surface area contributed by atoms with Gasteiger partial charge in [-0.3, -0.25) is 4.79 Å². The van der Waals surface area contributed by atoms with Gasteiger partial charge in [0.25, 0.3) is 0 Å². The molecule has 0 amide bonds. The molecule has 3 aromatic rings. The summed E-state index contributed by atoms with van der Waals surface area (Å²) in [5.74, 6) is 0.344. The van der Waals surface area contributed by atoms with Crippen molar-refractivity contribution in [2.75, 3.05) is 13.7 Å². The molecule has 3 unspecified atom stereocenters. The second kappa shape index (κ2) is 9.54. The fourth-order valence-corrected chi connectivity index (χ4v) is 3.31. The molecule has 3 aromatic carbocycles. The Morgan fingerprint density at radius 3 is 2.45 bits per heavy atom. The maximum atomic E-state index is 11.3. The Morgan fingerprint density at radius 1 is 1.03 bits per heavy atom. The molecule has 0 aromatic heterocycles. The van der Waals surface area contributed by atoms with Crippen LogP contribution in [-0.2, 0) is 16.0 Å². The van der Waals surface area contributed by atoms with Gasteiger partial charge in [-0.05, 0) is 34.0 Å². The smallest absolute Gasteiger partial charge is 0.309 e. The van der Waals surface area contributed by atoms with Crippen LogP contribution in [0, 0.1) is 5.92 Å². The Morgan fingerprint density at radius 2 is 1.72 bits per heavy atom. The lowest BCUT2D eigenvalue weighted by atomic mass is 9.90. The Bertz CT molecular complexity index is 949. The maximum Gasteiger partial charge on any atom is 0.309 e. The molecule has 0 bridgehead atoms. The largest absolute Gasteiger partial charge is 0.493 e. The monoisotopic (exact) mass is 393 g/mol. The van der Waals surface area contributed by atoms with Gasteiger partial charge in [0.15, 0.2) is 0 Å². The lowest BCUT2D eigenvalue weighted by Crippen LogP contribution is -2.37. The van der Waals surface area contributed by atoms with E-state index in [4.69, 9.17) is 10.5 Å². The van der Waals surface area contributed by atoms with Crippen LogP contribution in [0.5, 0.6) is 5.75 Å². The number of rotatable bonds is 8. The molecule has 3 N–H and O–H groups in total. The van der Waals surface area contributed by atoms with E-state index in [1.807, 2.05) is 73.7 Å². The predicted octanol–water partition coefficient (Wildman–Crippen LogP) is 3.63. The van der Waals surface area contributed by atoms with Gasteiger partial charge in [0.1, 0.15) is 5.75 Å². The van der Waals surface area contributed by atoms with Gasteiger partial charge < -0.3 is 20.3 Å². The van der Waals surface area contributed by atoms with Gasteiger partial charge in [-0.2, -0.15) is 0 Å². The van der Waals surface area contributed by atoms with E-state index in [-0.39, 0.29) is 18.3 Å². The number of aliphatic hydroxyl groups excluding tert-OH is 1. The predicted molar refractivity (Wildman–Crippen MR) is 114 cm³/mol. The molecular weight excluding hydrogens is 366 g/mol. The normalized spacial score (nSPS) is 14.2. The number of nitrogens with two attached hydrogens (primary N) is 1. The molecule has 0 aliphatic carbocycles. The van der Waals surface area contributed by atoms with Gasteiger partial charge in [-0.15, -0.1) is 0 Å². The first-order chi connectivity index (χ1) is 14.0. The van der Waals surface area contributed by atoms with Crippen LogP contribution >= 0.6 is 0 Å². The van der Waals surface area contributed by atoms with Crippen LogP contribution in [0.3, 0.4) is 0 Å². The van der Waals surface area contributed by atoms with Gasteiger partial charge in [-0.1, -0.05) is 61.5 Å². The number of methoxy groups -OCH3 is 1. The molecule has 152 valence electrons. The van der Waals surface area contributed by atoms with E-state index in [9.17, 15) is 9.90 Å². The summed E-state index contributed by atoms with van der Waals surface area (Å²) in [4.78, 5) is 11.3. The second-order valence-electron chi connectivity index (χ2n) is 7.28. The van der Waals surface area contributed by atoms with Crippen molar-refractivity contribution in [3.8, 4) is 5.75 Å². The quantitative estimate of drug-likeness (QED) is 0.571. The standard InChI is InChI=1S/C24H27NO4/c1-16(15-29-19-12-10-17(11-13-19)14-22(26)28-2)23(25)24(27)21-9-5-7-18-6-3-4-8-20(18)21/h3-13,16,23-24,27H,14-15,25H2,1-2H3. The number of hydrogen-bond donors (Lipinski definition) is 2. The maximum absolute atomic E-state index is 11.3. The van der Waals surface area contributed by atoms with Gasteiger partial charge >= 0.3 is 5.97 Å². The minimum atomic E-state index is -0.790. The van der Waals surface area contributed by atoms with Crippen LogP contribution in [0.2, 0.25) is 0 Å². The molecule has 3 atom stereocenters. The molecule has 29 heavy (non-hydrogen) atoms. The number of benzene rings is 3. The van der Waals surface area contributed by atoms with Crippen molar-refractivity contribution in [2.45, 2.75) is 25.5 Å². The molecular formula is C24H27NO4. The van der Waals surface area contributed by atoms with Gasteiger partial charge in [0.2, 0.25) is 0 Å². The molecule has 5 nitrogen and oxygen atoms in total. The zero-order valence-electron chi connectivity index (χ0n) is 16.7. The number of esters is 1. The summed E-state index contributed by atoms with van der Waals surface area (Å²) >= 11 is 0. The van der Waals surface area contributed by atoms with Gasteiger partial charge in [-0.25, -0.2) is 0 Å². The number of carbonyl (C=O) groups excluding carboxylic acids is 1. The minimum absolute atomic E-state index is 0.0706. The molecule has 3 rings (SSSR count). The Kier molecular flexibility index (Phi) is 6.86. The number of ether oxygens (including phenoxy) is 2. The van der Waals surface area contributed by atoms with E-state index in [1.165, 1.54) is 7.11 Å². The average Bonchev–Trinajstić information content (AvgIpc) is 2.76. The van der Waals surface area contributed by atoms with Crippen molar-refractivity contribution in [3.05, 3.63) is 77.9 Å². The molecule has 0 aliphatic rings. The van der Waals surface area contributed by atoms with Crippen LogP contribution in [0.4, 0.5) is 0 Å². The molecule has 5 heteroatoms. The first kappa shape index (κ1) is 20.8. The van der Waals surface area contributed by atoms with Crippen LogP contribution < -0.4 is 10.5 Å². The Hall–Kier alpha value is -2.89. The molecule has 0 heterocycles. The third-order valence-corrected chi connectivity index (χ3v) is 5.18. The van der Waals surface area contributed by atoms with Crippen molar-refractivity contribution >= 4 is 16.7 Å². The highest BCUT2D eigenvalue weighted by Gasteiger charge is 2.24. The van der Waals surface area contributed by atoms with E-state index < -0.39 is 12.1 Å². The van der Waals surface area contributed by atoms with Crippen LogP contribution in [0.1, 0.15) is 24.2 Å². The molecule has 0 saturated carbocycles. The first-order valence-corrected chi connectivity index (χ1v) is 9.69. The Balaban J connectivity index is 1.61. The minimum Gasteiger partial charge on any atom is -0.493 e. The lowest BCUT2D eigenvalue weighted by Gasteiger charge is -2.26.